The molecule has 0 bridgehead atoms. The number of nitrogens with zero attached hydrogens (tertiary/aromatic N) is 2. The molecule has 0 saturated heterocycles. The van der Waals surface area contributed by atoms with Gasteiger partial charge >= 0.3 is 0 Å². The van der Waals surface area contributed by atoms with E-state index in [-0.39, 0.29) is 23.5 Å². The highest BCUT2D eigenvalue weighted by molar-refractivity contribution is 7.14. The van der Waals surface area contributed by atoms with Crippen LogP contribution in [0.4, 0.5) is 0 Å². The largest absolute Gasteiger partial charge is 0.366 e. The second-order valence-electron chi connectivity index (χ2n) is 9.82. The quantitative estimate of drug-likeness (QED) is 0.212. The van der Waals surface area contributed by atoms with E-state index in [0.29, 0.717) is 45.8 Å². The number of carbonyl (C=O) groups excluding carboxylic acids is 3. The van der Waals surface area contributed by atoms with Crippen molar-refractivity contribution in [2.75, 3.05) is 0 Å². The van der Waals surface area contributed by atoms with Gasteiger partial charge in [0.1, 0.15) is 5.82 Å². The average Bonchev–Trinajstić information content (AvgIpc) is 3.57. The molecule has 38 heavy (non-hydrogen) atoms. The van der Waals surface area contributed by atoms with Gasteiger partial charge < -0.3 is 10.3 Å². The van der Waals surface area contributed by atoms with Crippen molar-refractivity contribution < 1.29 is 14.4 Å². The number of fused-ring (bicyclic) bond motifs is 1. The molecule has 7 heteroatoms. The smallest absolute Gasteiger partial charge is 0.249 e. The fraction of sp³-hybridized carbons (Fsp3) is 0.290. The minimum Gasteiger partial charge on any atom is -0.366 e. The molecule has 1 saturated carbocycles. The summed E-state index contributed by atoms with van der Waals surface area (Å²) in [5.74, 6) is 3.13. The van der Waals surface area contributed by atoms with Gasteiger partial charge in [-0.3, -0.25) is 14.4 Å². The molecule has 5 rings (SSSR count). The van der Waals surface area contributed by atoms with Crippen LogP contribution in [0.15, 0.2) is 54.6 Å². The molecule has 0 unspecified atom stereocenters. The Morgan fingerprint density at radius 1 is 1.11 bits per heavy atom. The first-order chi connectivity index (χ1) is 18.4. The molecule has 2 atom stereocenters. The van der Waals surface area contributed by atoms with Crippen molar-refractivity contribution >= 4 is 39.8 Å². The first-order valence-corrected chi connectivity index (χ1v) is 13.7. The van der Waals surface area contributed by atoms with Gasteiger partial charge in [-0.2, -0.15) is 0 Å². The van der Waals surface area contributed by atoms with E-state index in [1.807, 2.05) is 49.4 Å². The summed E-state index contributed by atoms with van der Waals surface area (Å²) in [4.78, 5) is 44.1. The number of Topliss-reactive ketones (excluding diaryl/α,β-unsaturated/α-hetero) is 2. The van der Waals surface area contributed by atoms with Crippen LogP contribution in [-0.4, -0.2) is 27.0 Å². The van der Waals surface area contributed by atoms with Crippen LogP contribution in [-0.2, 0) is 0 Å². The third-order valence-corrected chi connectivity index (χ3v) is 8.44. The predicted octanol–water partition coefficient (Wildman–Crippen LogP) is 6.44. The minimum absolute atomic E-state index is 0.0540. The Labute approximate surface area is 225 Å². The minimum atomic E-state index is -0.518. The van der Waals surface area contributed by atoms with Crippen LogP contribution in [0.25, 0.3) is 22.4 Å². The van der Waals surface area contributed by atoms with Crippen LogP contribution >= 0.6 is 11.3 Å². The Balaban J connectivity index is 1.54. The lowest BCUT2D eigenvalue weighted by molar-refractivity contribution is 0.0943. The summed E-state index contributed by atoms with van der Waals surface area (Å²) in [6.45, 7) is 1.84. The van der Waals surface area contributed by atoms with Crippen LogP contribution in [0.3, 0.4) is 0 Å². The topological polar surface area (TPSA) is 95.1 Å². The summed E-state index contributed by atoms with van der Waals surface area (Å²) in [5, 5.41) is 0. The number of nitrogens with two attached hydrogens (primary N) is 1. The number of amides is 1. The molecule has 1 fully saturated rings. The fourth-order valence-electron chi connectivity index (χ4n) is 5.54. The van der Waals surface area contributed by atoms with Crippen LogP contribution in [0.2, 0.25) is 0 Å². The van der Waals surface area contributed by atoms with E-state index in [1.54, 1.807) is 12.1 Å². The number of ketones is 2. The van der Waals surface area contributed by atoms with Crippen molar-refractivity contribution in [1.82, 2.24) is 9.55 Å². The molecule has 1 amide bonds. The van der Waals surface area contributed by atoms with E-state index in [4.69, 9.17) is 17.1 Å². The lowest BCUT2D eigenvalue weighted by Crippen LogP contribution is -2.22. The second-order valence-corrected chi connectivity index (χ2v) is 10.9. The number of carbonyl (C=O) groups is 3. The lowest BCUT2D eigenvalue weighted by Gasteiger charge is -2.31. The highest BCUT2D eigenvalue weighted by atomic mass is 32.1. The van der Waals surface area contributed by atoms with Crippen LogP contribution < -0.4 is 5.73 Å². The summed E-state index contributed by atoms with van der Waals surface area (Å²) in [6.07, 6.45) is 10.1. The molecule has 2 aromatic heterocycles. The van der Waals surface area contributed by atoms with Crippen molar-refractivity contribution in [1.29, 1.82) is 0 Å². The summed E-state index contributed by atoms with van der Waals surface area (Å²) >= 11 is 1.37. The zero-order chi connectivity index (χ0) is 26.8. The van der Waals surface area contributed by atoms with Gasteiger partial charge in [-0.1, -0.05) is 37.5 Å². The Morgan fingerprint density at radius 2 is 1.92 bits per heavy atom. The Hall–Kier alpha value is -4.02. The Kier molecular flexibility index (Phi) is 7.26. The van der Waals surface area contributed by atoms with Gasteiger partial charge in [0.25, 0.3) is 0 Å². The van der Waals surface area contributed by atoms with Gasteiger partial charge in [-0.15, -0.1) is 17.8 Å². The number of terminal acetylenes is 1. The summed E-state index contributed by atoms with van der Waals surface area (Å²) in [6, 6.07) is 16.6. The maximum atomic E-state index is 13.0. The number of rotatable bonds is 8. The monoisotopic (exact) mass is 523 g/mol. The first-order valence-electron chi connectivity index (χ1n) is 12.9. The second kappa shape index (κ2) is 10.8. The lowest BCUT2D eigenvalue weighted by atomic mass is 9.82. The van der Waals surface area contributed by atoms with E-state index in [2.05, 4.69) is 10.5 Å². The number of hydrogen-bond acceptors (Lipinski definition) is 5. The maximum Gasteiger partial charge on any atom is 0.249 e. The SMILES string of the molecule is C#Cc1ccc(C(=O)C[C@@H]2CCC[C@H](n3c(-c4ccccc4C(N)=O)nc4cc(C(=O)CC)ccc43)C2)s1. The molecular weight excluding hydrogens is 494 g/mol. The number of benzene rings is 2. The molecule has 2 N–H and O–H groups in total. The highest BCUT2D eigenvalue weighted by Gasteiger charge is 2.30. The van der Waals surface area contributed by atoms with Crippen molar-refractivity contribution in [2.24, 2.45) is 11.7 Å². The first kappa shape index (κ1) is 25.6. The van der Waals surface area contributed by atoms with Crippen LogP contribution in [0.5, 0.6) is 0 Å². The number of primary amides is 1. The zero-order valence-electron chi connectivity index (χ0n) is 21.3. The molecule has 192 valence electrons. The number of imidazole rings is 1. The summed E-state index contributed by atoms with van der Waals surface area (Å²) in [7, 11) is 0. The van der Waals surface area contributed by atoms with Crippen molar-refractivity contribution in [3.63, 3.8) is 0 Å². The third kappa shape index (κ3) is 4.92. The summed E-state index contributed by atoms with van der Waals surface area (Å²) in [5.41, 5.74) is 9.03. The normalized spacial score (nSPS) is 17.3. The molecule has 2 heterocycles. The molecule has 0 aliphatic heterocycles. The standard InChI is InChI=1S/C31H29N3O3S/c1-3-22-13-15-29(38-22)28(36)17-19-8-7-9-21(16-19)34-26-14-12-20(27(35)4-2)18-25(26)33-31(34)24-11-6-5-10-23(24)30(32)37/h1,5-6,10-15,18-19,21H,4,7-9,16-17H2,2H3,(H2,32,37)/t19-,21+/m1/s1. The molecule has 6 nitrogen and oxygen atoms in total. The molecule has 4 aromatic rings. The number of aromatic nitrogens is 2. The van der Waals surface area contributed by atoms with Gasteiger partial charge in [0.15, 0.2) is 11.6 Å². The zero-order valence-corrected chi connectivity index (χ0v) is 22.1. The van der Waals surface area contributed by atoms with E-state index in [1.165, 1.54) is 11.3 Å². The van der Waals surface area contributed by atoms with Gasteiger partial charge in [0, 0.05) is 30.0 Å². The van der Waals surface area contributed by atoms with Crippen molar-refractivity contribution in [2.45, 2.75) is 51.5 Å². The van der Waals surface area contributed by atoms with Gasteiger partial charge in [0.05, 0.1) is 26.4 Å². The number of thiophene rings is 1. The molecule has 2 aromatic carbocycles. The molecule has 0 radical (unpaired) electrons. The third-order valence-electron chi connectivity index (χ3n) is 7.38. The summed E-state index contributed by atoms with van der Waals surface area (Å²) < 4.78 is 2.19. The van der Waals surface area contributed by atoms with Gasteiger partial charge in [-0.05, 0) is 61.6 Å². The van der Waals surface area contributed by atoms with Crippen molar-refractivity contribution in [3.05, 3.63) is 75.5 Å². The molecule has 1 aliphatic rings. The van der Waals surface area contributed by atoms with Crippen LogP contribution in [0.1, 0.15) is 86.8 Å². The maximum absolute atomic E-state index is 13.0. The van der Waals surface area contributed by atoms with Gasteiger partial charge in [0.2, 0.25) is 5.91 Å². The van der Waals surface area contributed by atoms with Crippen LogP contribution in [0, 0.1) is 18.3 Å². The average molecular weight is 524 g/mol. The van der Waals surface area contributed by atoms with E-state index < -0.39 is 5.91 Å². The van der Waals surface area contributed by atoms with Gasteiger partial charge in [-0.25, -0.2) is 4.98 Å². The van der Waals surface area contributed by atoms with Crippen molar-refractivity contribution in [3.8, 4) is 23.7 Å². The Bertz CT molecular complexity index is 1590. The van der Waals surface area contributed by atoms with E-state index in [0.717, 1.165) is 36.1 Å². The predicted molar refractivity (Wildman–Crippen MR) is 151 cm³/mol. The molecule has 1 aliphatic carbocycles. The van der Waals surface area contributed by atoms with E-state index in [9.17, 15) is 14.4 Å². The molecule has 0 spiro atoms. The molecular formula is C31H29N3O3S. The number of hydrogen-bond donors (Lipinski definition) is 1. The fourth-order valence-corrected chi connectivity index (χ4v) is 6.30. The Morgan fingerprint density at radius 3 is 2.66 bits per heavy atom. The highest BCUT2D eigenvalue weighted by Crippen LogP contribution is 2.40. The van der Waals surface area contributed by atoms with E-state index >= 15 is 0 Å².